The quantitative estimate of drug-likeness (QED) is 0.00580. The van der Waals surface area contributed by atoms with Crippen LogP contribution in [0.2, 0.25) is 0 Å². The average molecular weight is 2240 g/mol. The molecule has 0 fully saturated rings. The minimum absolute atomic E-state index is 0. The molecule has 0 aliphatic heterocycles. The van der Waals surface area contributed by atoms with Crippen molar-refractivity contribution in [3.63, 3.8) is 0 Å². The largest absolute Gasteiger partial charge is 1.00 e. The first-order chi connectivity index (χ1) is 68.9. The van der Waals surface area contributed by atoms with E-state index in [4.69, 9.17) is 33.4 Å². The molecule has 794 valence electrons. The number of para-hydroxylation sites is 10. The van der Waals surface area contributed by atoms with E-state index in [1.165, 1.54) is 5.52 Å². The van der Waals surface area contributed by atoms with Crippen LogP contribution >= 0.6 is 88.0 Å². The Morgan fingerprint density at radius 1 is 0.356 bits per heavy atom. The minimum Gasteiger partial charge on any atom is -1.00 e. The number of hydrogen-bond acceptors (Lipinski definition) is 23. The van der Waals surface area contributed by atoms with Gasteiger partial charge in [0.15, 0.2) is 70.3 Å². The number of nitrogens with one attached hydrogen (secondary N) is 6. The second-order valence-electron chi connectivity index (χ2n) is 32.5. The highest BCUT2D eigenvalue weighted by atomic mass is 35.5. The van der Waals surface area contributed by atoms with Gasteiger partial charge in [-0.3, -0.25) is 33.6 Å². The molecule has 5 aromatic heterocycles. The first kappa shape index (κ1) is 127. The summed E-state index contributed by atoms with van der Waals surface area (Å²) < 4.78 is 18.8. The number of amides is 6. The molecule has 0 aliphatic rings. The van der Waals surface area contributed by atoms with E-state index in [9.17, 15) is 54.0 Å². The molecule has 13 aromatic rings. The summed E-state index contributed by atoms with van der Waals surface area (Å²) in [6, 6.07) is 63.8. The molecule has 0 saturated carbocycles. The number of carbonyl (C=O) groups is 7. The number of nitrogens with zero attached hydrogens (tertiary/aromatic N) is 13. The van der Waals surface area contributed by atoms with Crippen LogP contribution in [0.1, 0.15) is 50.6 Å². The Balaban J connectivity index is 0.000000379. The Hall–Kier alpha value is -9.66. The summed E-state index contributed by atoms with van der Waals surface area (Å²) in [6.45, 7) is 13.5. The van der Waals surface area contributed by atoms with Crippen molar-refractivity contribution < 1.29 is 132 Å². The highest BCUT2D eigenvalue weighted by Gasteiger charge is 2.28. The molecular weight excluding hydrogens is 2100 g/mol. The van der Waals surface area contributed by atoms with Crippen LogP contribution in [-0.4, -0.2) is 265 Å². The lowest BCUT2D eigenvalue weighted by atomic mass is 10.1. The van der Waals surface area contributed by atoms with Crippen LogP contribution < -0.4 is 114 Å². The van der Waals surface area contributed by atoms with E-state index in [0.29, 0.717) is 97.2 Å². The fourth-order valence-electron chi connectivity index (χ4n) is 15.7. The number of alkyl halides is 2. The Morgan fingerprint density at radius 2 is 0.651 bits per heavy atom. The van der Waals surface area contributed by atoms with Gasteiger partial charge in [-0.25, -0.2) is 41.5 Å². The van der Waals surface area contributed by atoms with Crippen molar-refractivity contribution in [3.05, 3.63) is 240 Å². The van der Waals surface area contributed by atoms with Gasteiger partial charge in [0.2, 0.25) is 11.8 Å². The van der Waals surface area contributed by atoms with Gasteiger partial charge in [0.25, 0.3) is 46.9 Å². The van der Waals surface area contributed by atoms with Gasteiger partial charge in [-0.1, -0.05) is 150 Å². The van der Waals surface area contributed by atoms with E-state index in [1.54, 1.807) is 89.0 Å². The Bertz CT molecular complexity index is 6060. The molecule has 0 atom stereocenters. The number of rotatable bonds is 52. The minimum atomic E-state index is -0.151. The number of aldehydes is 1. The number of imidazole rings is 5. The zero-order valence-electron chi connectivity index (χ0n) is 83.4. The molecule has 44 heteroatoms. The van der Waals surface area contributed by atoms with E-state index >= 15 is 0 Å². The summed E-state index contributed by atoms with van der Waals surface area (Å²) >= 11 is 10.6. The third-order valence-electron chi connectivity index (χ3n) is 23.2. The zero-order valence-corrected chi connectivity index (χ0v) is 92.8. The Morgan fingerprint density at radius 3 is 1.00 bits per heavy atom. The highest BCUT2D eigenvalue weighted by molar-refractivity contribution is 8.77. The van der Waals surface area contributed by atoms with Crippen molar-refractivity contribution in [1.29, 1.82) is 0 Å². The van der Waals surface area contributed by atoms with E-state index in [1.807, 2.05) is 224 Å². The summed E-state index contributed by atoms with van der Waals surface area (Å²) in [5, 5.41) is 72.9. The molecule has 0 saturated heterocycles. The van der Waals surface area contributed by atoms with Gasteiger partial charge in [-0.2, -0.15) is 0 Å². The number of fused-ring (bicyclic) bond motifs is 5. The molecule has 8 aromatic carbocycles. The van der Waals surface area contributed by atoms with E-state index in [0.717, 1.165) is 161 Å². The van der Waals surface area contributed by atoms with Crippen molar-refractivity contribution >= 4 is 214 Å². The predicted octanol–water partition coefficient (Wildman–Crippen LogP) is -3.46. The number of aryl methyl sites for hydroxylation is 7. The Kier molecular flexibility index (Phi) is 60.4. The van der Waals surface area contributed by atoms with Gasteiger partial charge in [0.1, 0.15) is 23.9 Å². The number of anilines is 3. The fourth-order valence-corrected chi connectivity index (χ4v) is 21.3. The molecule has 0 unspecified atom stereocenters. The first-order valence-corrected chi connectivity index (χ1v) is 55.4. The van der Waals surface area contributed by atoms with Crippen molar-refractivity contribution in [2.24, 2.45) is 35.2 Å². The number of aliphatic hydroxyl groups excluding tert-OH is 6. The third kappa shape index (κ3) is 39.4. The number of hydrogen-bond donors (Lipinski definition) is 12. The SMILES string of the molecule is C[n+]1c(/C=C/c2ccc(N(CCO)CCO)cc2)n(CC(=O)NCCSSCCNC(=O)Cn2c(CCc3ccc(N(CCO)CCO)cc3)[n+](C)c3ccccc32)c2ccccc21.Cc1n(CC(=O)NCCSSCCNC(=O)Cn2c(C)[n+](C)c3ccccc32)c2ccccc2[n+]1C.Cc1nc2ccccc2n1C.O=C(CCl)NCCSSCCNC(=O)CCl.O=Cc1ccc(N(CCO)CCO)cc1.[Cl-].[Cl-].[Cl-].[Cl-]. The van der Waals surface area contributed by atoms with Gasteiger partial charge >= 0.3 is 0 Å². The lowest BCUT2D eigenvalue weighted by molar-refractivity contribution is -0.654. The summed E-state index contributed by atoms with van der Waals surface area (Å²) in [5.41, 5.74) is 16.2. The van der Waals surface area contributed by atoms with Crippen molar-refractivity contribution in [2.75, 3.05) is 179 Å². The standard InChI is InChI=1S/C48H60N8O6S2.C26H32N6O2S2.C11H15NO3.C9H10N2.C8H14Cl2N2O2S2.4ClH/c1-51-41-7-3-5-9-43(41)55(47(51)21-15-37-11-17-39(18-12-37)53(25-29-57)26-30-58)35-45(61)49-23-33-63-64-34-24-50-46(62)36-56-44-10-6-4-8-42(44)52(2)48(56)22-16-38-13-19-40(20-14-38)54(27-31-59)28-32-60;1-19-29(3)21-9-5-7-11-23(21)31(19)17-25(33)27-13-15-35-36-16-14-28-26(34)18-32-20(2)30(4)22-10-6-8-12-24(22)32;13-7-5-12(6-8-14)11-3-1-10(9-15)2-4-11;1-7-10-8-5-3-4-6-9(8)11(7)2;9-5-7(13)11-1-3-15-16-4-2-12-8(14)6-10;;;;/h3-15,17-21,57-60H,16,22-36H2,1-2H3;5-12H,13-18H2,1-4H3;1-4,9,13-14H,5-8H2;3-6H,1-2H3;1-6H2,(H,11,13)(H,12,14);4*1H. The summed E-state index contributed by atoms with van der Waals surface area (Å²) in [4.78, 5) is 93.6. The number of halogens is 6. The fraction of sp³-hybridized carbons (Fsp3) is 0.392. The lowest BCUT2D eigenvalue weighted by Gasteiger charge is -2.23. The zero-order chi connectivity index (χ0) is 102. The Labute approximate surface area is 912 Å². The molecule has 12 N–H and O–H groups in total. The molecule has 0 spiro atoms. The average Bonchev–Trinajstić information content (AvgIpc) is 1.63. The summed E-state index contributed by atoms with van der Waals surface area (Å²) in [6.07, 6.45) is 6.35. The van der Waals surface area contributed by atoms with Gasteiger partial charge in [0.05, 0.1) is 85.3 Å². The second kappa shape index (κ2) is 69.6. The monoisotopic (exact) mass is 2240 g/mol. The maximum Gasteiger partial charge on any atom is 0.282 e. The van der Waals surface area contributed by atoms with Crippen LogP contribution in [0, 0.1) is 20.8 Å². The van der Waals surface area contributed by atoms with Crippen molar-refractivity contribution in [1.82, 2.24) is 59.7 Å². The van der Waals surface area contributed by atoms with Crippen molar-refractivity contribution in [2.45, 2.75) is 59.8 Å². The lowest BCUT2D eigenvalue weighted by Crippen LogP contribution is -3.00. The number of carbonyl (C=O) groups excluding carboxylic acids is 7. The molecule has 32 nitrogen and oxygen atoms in total. The predicted molar refractivity (Wildman–Crippen MR) is 582 cm³/mol. The second-order valence-corrected chi connectivity index (χ2v) is 41.2. The summed E-state index contributed by atoms with van der Waals surface area (Å²) in [7, 11) is 20.1. The molecule has 0 radical (unpaired) electrons. The van der Waals surface area contributed by atoms with Crippen molar-refractivity contribution in [3.8, 4) is 0 Å². The van der Waals surface area contributed by atoms with Crippen LogP contribution in [0.15, 0.2) is 194 Å². The van der Waals surface area contributed by atoms with Gasteiger partial charge in [-0.15, -0.1) is 23.2 Å². The smallest absolute Gasteiger partial charge is 0.282 e. The molecule has 0 aliphatic carbocycles. The maximum absolute atomic E-state index is 13.3. The number of aromatic nitrogens is 10. The normalized spacial score (nSPS) is 10.8. The van der Waals surface area contributed by atoms with Crippen LogP contribution in [0.3, 0.4) is 0 Å². The van der Waals surface area contributed by atoms with E-state index in [2.05, 4.69) is 107 Å². The third-order valence-corrected chi connectivity index (χ3v) is 30.9. The van der Waals surface area contributed by atoms with Gasteiger partial charge in [0, 0.05) is 163 Å². The molecule has 13 rings (SSSR count). The summed E-state index contributed by atoms with van der Waals surface area (Å²) in [5.74, 6) is 9.43. The molecule has 0 bridgehead atoms. The molecule has 6 amide bonds. The topological polar surface area (TPSA) is 376 Å². The van der Waals surface area contributed by atoms with Crippen LogP contribution in [-0.2, 0) is 103 Å². The number of aliphatic hydroxyl groups is 6. The number of benzene rings is 8. The van der Waals surface area contributed by atoms with E-state index in [-0.39, 0.29) is 150 Å². The van der Waals surface area contributed by atoms with Gasteiger partial charge < -0.3 is 131 Å². The van der Waals surface area contributed by atoms with Crippen LogP contribution in [0.4, 0.5) is 17.1 Å². The molecule has 146 heavy (non-hydrogen) atoms. The first-order valence-electron chi connectivity index (χ1n) is 46.9. The van der Waals surface area contributed by atoms with Crippen LogP contribution in [0.5, 0.6) is 0 Å². The molecule has 5 heterocycles. The van der Waals surface area contributed by atoms with Gasteiger partial charge in [-0.05, 0) is 140 Å². The van der Waals surface area contributed by atoms with Crippen LogP contribution in [0.25, 0.3) is 67.3 Å². The van der Waals surface area contributed by atoms with E-state index < -0.39 is 0 Å². The molecular formula is C102H135Cl6N19O13S6. The maximum atomic E-state index is 13.3. The highest BCUT2D eigenvalue weighted by Crippen LogP contribution is 2.27.